The van der Waals surface area contributed by atoms with E-state index in [0.717, 1.165) is 25.7 Å². The molecule has 5 nitrogen and oxygen atoms in total. The van der Waals surface area contributed by atoms with Gasteiger partial charge >= 0.3 is 11.9 Å². The van der Waals surface area contributed by atoms with E-state index in [0.29, 0.717) is 6.42 Å². The summed E-state index contributed by atoms with van der Waals surface area (Å²) in [5.41, 5.74) is 5.18. The Kier molecular flexibility index (Phi) is 8.52. The minimum Gasteiger partial charge on any atom is -0.480 e. The van der Waals surface area contributed by atoms with Gasteiger partial charge in [-0.15, -0.1) is 0 Å². The summed E-state index contributed by atoms with van der Waals surface area (Å²) in [5.74, 6) is -1.52. The Hall–Kier alpha value is -1.10. The molecule has 0 bridgehead atoms. The highest BCUT2D eigenvalue weighted by Crippen LogP contribution is 2.05. The van der Waals surface area contributed by atoms with Gasteiger partial charge in [0, 0.05) is 6.42 Å². The highest BCUT2D eigenvalue weighted by molar-refractivity contribution is 5.74. The van der Waals surface area contributed by atoms with Crippen molar-refractivity contribution in [2.45, 2.75) is 51.5 Å². The van der Waals surface area contributed by atoms with Crippen LogP contribution in [-0.4, -0.2) is 29.7 Å². The van der Waals surface area contributed by atoms with Gasteiger partial charge in [0.15, 0.2) is 0 Å². The number of rotatable bonds is 9. The van der Waals surface area contributed by atoms with E-state index in [2.05, 4.69) is 6.92 Å². The van der Waals surface area contributed by atoms with Gasteiger partial charge in [-0.25, -0.2) is 0 Å². The summed E-state index contributed by atoms with van der Waals surface area (Å²) in [7, 11) is 0. The van der Waals surface area contributed by atoms with E-state index in [-0.39, 0.29) is 12.6 Å². The average Bonchev–Trinajstić information content (AvgIpc) is 2.25. The molecule has 0 radical (unpaired) electrons. The number of hydrogen-bond donors (Lipinski definition) is 2. The number of nitrogens with two attached hydrogens (primary N) is 1. The van der Waals surface area contributed by atoms with Crippen molar-refractivity contribution in [3.05, 3.63) is 0 Å². The van der Waals surface area contributed by atoms with Crippen molar-refractivity contribution in [2.24, 2.45) is 5.73 Å². The molecule has 0 heterocycles. The predicted octanol–water partition coefficient (Wildman–Crippen LogP) is 1.30. The van der Waals surface area contributed by atoms with Crippen LogP contribution in [0.4, 0.5) is 0 Å². The Morgan fingerprint density at radius 3 is 2.44 bits per heavy atom. The Morgan fingerprint density at radius 2 is 1.88 bits per heavy atom. The van der Waals surface area contributed by atoms with Gasteiger partial charge in [0.25, 0.3) is 0 Å². The molecule has 0 fully saturated rings. The fourth-order valence-electron chi connectivity index (χ4n) is 1.20. The van der Waals surface area contributed by atoms with Crippen LogP contribution in [-0.2, 0) is 14.3 Å². The molecule has 16 heavy (non-hydrogen) atoms. The third-order valence-electron chi connectivity index (χ3n) is 2.23. The standard InChI is InChI=1S/C11H21NO4/c1-2-3-4-5-6-7-10(13)16-8-9(12)11(14)15/h9H,2-8,12H2,1H3,(H,14,15)/t9-/m0/s1. The summed E-state index contributed by atoms with van der Waals surface area (Å²) in [4.78, 5) is 21.5. The molecule has 0 amide bonds. The predicted molar refractivity (Wildman–Crippen MR) is 59.9 cm³/mol. The minimum absolute atomic E-state index is 0.247. The fourth-order valence-corrected chi connectivity index (χ4v) is 1.20. The number of carbonyl (C=O) groups excluding carboxylic acids is 1. The number of unbranched alkanes of at least 4 members (excludes halogenated alkanes) is 4. The van der Waals surface area contributed by atoms with Crippen LogP contribution < -0.4 is 5.73 Å². The first kappa shape index (κ1) is 14.9. The topological polar surface area (TPSA) is 89.6 Å². The van der Waals surface area contributed by atoms with Gasteiger partial charge in [-0.3, -0.25) is 9.59 Å². The lowest BCUT2D eigenvalue weighted by Gasteiger charge is -2.07. The molecule has 0 rings (SSSR count). The molecule has 3 N–H and O–H groups in total. The largest absolute Gasteiger partial charge is 0.480 e. The second kappa shape index (κ2) is 9.15. The normalized spacial score (nSPS) is 12.1. The molecule has 0 saturated carbocycles. The first-order chi connectivity index (χ1) is 7.57. The van der Waals surface area contributed by atoms with Crippen LogP contribution in [0, 0.1) is 0 Å². The van der Waals surface area contributed by atoms with Crippen LogP contribution >= 0.6 is 0 Å². The van der Waals surface area contributed by atoms with E-state index in [4.69, 9.17) is 15.6 Å². The van der Waals surface area contributed by atoms with Gasteiger partial charge < -0.3 is 15.6 Å². The fraction of sp³-hybridized carbons (Fsp3) is 0.818. The summed E-state index contributed by atoms with van der Waals surface area (Å²) in [6.07, 6.45) is 5.61. The highest BCUT2D eigenvalue weighted by Gasteiger charge is 2.13. The number of carbonyl (C=O) groups is 2. The Bertz CT molecular complexity index is 218. The van der Waals surface area contributed by atoms with Crippen LogP contribution in [0.1, 0.15) is 45.4 Å². The maximum atomic E-state index is 11.1. The molecule has 0 aromatic rings. The summed E-state index contributed by atoms with van der Waals surface area (Å²) >= 11 is 0. The van der Waals surface area contributed by atoms with Crippen molar-refractivity contribution in [2.75, 3.05) is 6.61 Å². The van der Waals surface area contributed by atoms with Gasteiger partial charge in [-0.05, 0) is 6.42 Å². The quantitative estimate of drug-likeness (QED) is 0.461. The molecule has 0 spiro atoms. The van der Waals surface area contributed by atoms with Crippen molar-refractivity contribution in [1.29, 1.82) is 0 Å². The SMILES string of the molecule is CCCCCCCC(=O)OC[C@H](N)C(=O)O. The van der Waals surface area contributed by atoms with Crippen LogP contribution in [0.2, 0.25) is 0 Å². The van der Waals surface area contributed by atoms with E-state index in [9.17, 15) is 9.59 Å². The second-order valence-corrected chi connectivity index (χ2v) is 3.79. The summed E-state index contributed by atoms with van der Waals surface area (Å²) < 4.78 is 4.73. The molecule has 0 aromatic heterocycles. The number of ether oxygens (including phenoxy) is 1. The van der Waals surface area contributed by atoms with Crippen molar-refractivity contribution in [1.82, 2.24) is 0 Å². The lowest BCUT2D eigenvalue weighted by atomic mass is 10.1. The second-order valence-electron chi connectivity index (χ2n) is 3.79. The molecule has 1 atom stereocenters. The Morgan fingerprint density at radius 1 is 1.25 bits per heavy atom. The van der Waals surface area contributed by atoms with Gasteiger partial charge in [0.1, 0.15) is 12.6 Å². The van der Waals surface area contributed by atoms with Crippen LogP contribution in [0.15, 0.2) is 0 Å². The molecule has 0 aliphatic rings. The van der Waals surface area contributed by atoms with Crippen molar-refractivity contribution < 1.29 is 19.4 Å². The monoisotopic (exact) mass is 231 g/mol. The minimum atomic E-state index is -1.16. The molecular formula is C11H21NO4. The molecule has 0 aliphatic carbocycles. The number of hydrogen-bond acceptors (Lipinski definition) is 4. The van der Waals surface area contributed by atoms with Crippen LogP contribution in [0.25, 0.3) is 0 Å². The molecule has 0 aliphatic heterocycles. The molecule has 0 unspecified atom stereocenters. The zero-order chi connectivity index (χ0) is 12.4. The van der Waals surface area contributed by atoms with E-state index in [1.54, 1.807) is 0 Å². The van der Waals surface area contributed by atoms with Crippen molar-refractivity contribution >= 4 is 11.9 Å². The molecule has 0 aromatic carbocycles. The maximum Gasteiger partial charge on any atom is 0.324 e. The van der Waals surface area contributed by atoms with Gasteiger partial charge in [-0.1, -0.05) is 32.6 Å². The first-order valence-corrected chi connectivity index (χ1v) is 5.72. The Labute approximate surface area is 96.0 Å². The summed E-state index contributed by atoms with van der Waals surface area (Å²) in [6, 6.07) is -1.12. The van der Waals surface area contributed by atoms with E-state index in [1.165, 1.54) is 6.42 Å². The average molecular weight is 231 g/mol. The smallest absolute Gasteiger partial charge is 0.324 e. The zero-order valence-electron chi connectivity index (χ0n) is 9.78. The third-order valence-corrected chi connectivity index (χ3v) is 2.23. The number of carboxylic acids is 1. The number of esters is 1. The van der Waals surface area contributed by atoms with E-state index < -0.39 is 12.0 Å². The summed E-state index contributed by atoms with van der Waals surface area (Å²) in [6.45, 7) is 1.88. The molecule has 0 saturated heterocycles. The van der Waals surface area contributed by atoms with Crippen molar-refractivity contribution in [3.8, 4) is 0 Å². The van der Waals surface area contributed by atoms with Gasteiger partial charge in [0.2, 0.25) is 0 Å². The first-order valence-electron chi connectivity index (χ1n) is 5.72. The van der Waals surface area contributed by atoms with E-state index in [1.807, 2.05) is 0 Å². The van der Waals surface area contributed by atoms with Gasteiger partial charge in [-0.2, -0.15) is 0 Å². The zero-order valence-corrected chi connectivity index (χ0v) is 9.78. The third kappa shape index (κ3) is 8.23. The van der Waals surface area contributed by atoms with Crippen LogP contribution in [0.5, 0.6) is 0 Å². The Balaban J connectivity index is 3.41. The lowest BCUT2D eigenvalue weighted by molar-refractivity contribution is -0.147. The van der Waals surface area contributed by atoms with E-state index >= 15 is 0 Å². The molecule has 5 heteroatoms. The lowest BCUT2D eigenvalue weighted by Crippen LogP contribution is -2.35. The summed E-state index contributed by atoms with van der Waals surface area (Å²) in [5, 5.41) is 8.45. The molecule has 94 valence electrons. The van der Waals surface area contributed by atoms with Gasteiger partial charge in [0.05, 0.1) is 0 Å². The molecular weight excluding hydrogens is 210 g/mol. The van der Waals surface area contributed by atoms with Crippen molar-refractivity contribution in [3.63, 3.8) is 0 Å². The number of carboxylic acid groups (broad SMARTS) is 1. The maximum absolute atomic E-state index is 11.1. The highest BCUT2D eigenvalue weighted by atomic mass is 16.5. The number of aliphatic carboxylic acids is 1. The van der Waals surface area contributed by atoms with Crippen LogP contribution in [0.3, 0.4) is 0 Å².